The van der Waals surface area contributed by atoms with Crippen LogP contribution in [0.4, 0.5) is 17.3 Å². The third-order valence-corrected chi connectivity index (χ3v) is 3.19. The van der Waals surface area contributed by atoms with Gasteiger partial charge in [0, 0.05) is 21.6 Å². The third kappa shape index (κ3) is 3.68. The van der Waals surface area contributed by atoms with E-state index in [1.807, 2.05) is 24.3 Å². The summed E-state index contributed by atoms with van der Waals surface area (Å²) in [5, 5.41) is 3.25. The summed E-state index contributed by atoms with van der Waals surface area (Å²) < 4.78 is 1.03. The number of halogens is 1. The van der Waals surface area contributed by atoms with Crippen molar-refractivity contribution in [1.82, 2.24) is 9.97 Å². The van der Waals surface area contributed by atoms with E-state index < -0.39 is 0 Å². The summed E-state index contributed by atoms with van der Waals surface area (Å²) in [5.41, 5.74) is 3.38. The minimum absolute atomic E-state index is 0.150. The standard InChI is InChI=1S/C14H18BrN5/c1-14(2,3)13-18-11(8-12(19-13)20-16)17-10-6-4-9(15)5-7-10/h4-8H,16H2,1-3H3,(H2,17,18,19,20). The van der Waals surface area contributed by atoms with E-state index in [1.54, 1.807) is 6.07 Å². The van der Waals surface area contributed by atoms with E-state index in [4.69, 9.17) is 5.84 Å². The van der Waals surface area contributed by atoms with E-state index in [0.29, 0.717) is 11.6 Å². The summed E-state index contributed by atoms with van der Waals surface area (Å²) in [4.78, 5) is 8.93. The smallest absolute Gasteiger partial charge is 0.145 e. The summed E-state index contributed by atoms with van der Waals surface area (Å²) in [6.07, 6.45) is 0. The first-order chi connectivity index (χ1) is 9.38. The lowest BCUT2D eigenvalue weighted by Crippen LogP contribution is -2.19. The van der Waals surface area contributed by atoms with Crippen LogP contribution in [0, 0.1) is 0 Å². The van der Waals surface area contributed by atoms with Gasteiger partial charge in [-0.15, -0.1) is 0 Å². The Balaban J connectivity index is 2.33. The topological polar surface area (TPSA) is 75.9 Å². The van der Waals surface area contributed by atoms with Gasteiger partial charge in [-0.1, -0.05) is 36.7 Å². The highest BCUT2D eigenvalue weighted by molar-refractivity contribution is 9.10. The zero-order valence-corrected chi connectivity index (χ0v) is 13.3. The van der Waals surface area contributed by atoms with Crippen molar-refractivity contribution in [3.63, 3.8) is 0 Å². The van der Waals surface area contributed by atoms with Crippen LogP contribution in [-0.4, -0.2) is 9.97 Å². The fraction of sp³-hybridized carbons (Fsp3) is 0.286. The molecule has 0 radical (unpaired) electrons. The van der Waals surface area contributed by atoms with Crippen LogP contribution in [0.2, 0.25) is 0 Å². The van der Waals surface area contributed by atoms with Gasteiger partial charge in [0.1, 0.15) is 17.5 Å². The molecule has 5 nitrogen and oxygen atoms in total. The largest absolute Gasteiger partial charge is 0.340 e. The number of hydrogen-bond donors (Lipinski definition) is 3. The molecule has 106 valence electrons. The summed E-state index contributed by atoms with van der Waals surface area (Å²) >= 11 is 3.41. The number of anilines is 3. The molecular formula is C14H18BrN5. The molecule has 0 saturated heterocycles. The van der Waals surface area contributed by atoms with E-state index in [1.165, 1.54) is 0 Å². The lowest BCUT2D eigenvalue weighted by Gasteiger charge is -2.18. The van der Waals surface area contributed by atoms with E-state index >= 15 is 0 Å². The Hall–Kier alpha value is -1.66. The average molecular weight is 336 g/mol. The Labute approximate surface area is 127 Å². The lowest BCUT2D eigenvalue weighted by molar-refractivity contribution is 0.547. The first-order valence-electron chi connectivity index (χ1n) is 6.27. The van der Waals surface area contributed by atoms with Crippen molar-refractivity contribution in [2.24, 2.45) is 5.84 Å². The van der Waals surface area contributed by atoms with Gasteiger partial charge in [0.05, 0.1) is 0 Å². The van der Waals surface area contributed by atoms with Crippen molar-refractivity contribution < 1.29 is 0 Å². The third-order valence-electron chi connectivity index (χ3n) is 2.66. The normalized spacial score (nSPS) is 11.2. The van der Waals surface area contributed by atoms with Gasteiger partial charge in [-0.2, -0.15) is 0 Å². The number of nitrogens with one attached hydrogen (secondary N) is 2. The quantitative estimate of drug-likeness (QED) is 0.590. The van der Waals surface area contributed by atoms with Crippen LogP contribution in [0.25, 0.3) is 0 Å². The molecule has 0 spiro atoms. The van der Waals surface area contributed by atoms with Crippen LogP contribution in [0.3, 0.4) is 0 Å². The molecule has 0 fully saturated rings. The summed E-state index contributed by atoms with van der Waals surface area (Å²) in [6, 6.07) is 9.65. The molecular weight excluding hydrogens is 318 g/mol. The van der Waals surface area contributed by atoms with Crippen LogP contribution < -0.4 is 16.6 Å². The molecule has 0 atom stereocenters. The number of hydrogen-bond acceptors (Lipinski definition) is 5. The van der Waals surface area contributed by atoms with Gasteiger partial charge in [-0.05, 0) is 24.3 Å². The van der Waals surface area contributed by atoms with Crippen LogP contribution in [0.1, 0.15) is 26.6 Å². The fourth-order valence-electron chi connectivity index (χ4n) is 1.60. The second kappa shape index (κ2) is 5.76. The zero-order valence-electron chi connectivity index (χ0n) is 11.7. The van der Waals surface area contributed by atoms with Gasteiger partial charge < -0.3 is 10.7 Å². The first-order valence-corrected chi connectivity index (χ1v) is 7.06. The van der Waals surface area contributed by atoms with Crippen LogP contribution >= 0.6 is 15.9 Å². The second-order valence-electron chi connectivity index (χ2n) is 5.49. The highest BCUT2D eigenvalue weighted by Gasteiger charge is 2.19. The molecule has 0 unspecified atom stereocenters. The minimum atomic E-state index is -0.150. The molecule has 1 aromatic heterocycles. The molecule has 0 aliphatic heterocycles. The fourth-order valence-corrected chi connectivity index (χ4v) is 1.87. The van der Waals surface area contributed by atoms with Gasteiger partial charge in [0.15, 0.2) is 0 Å². The van der Waals surface area contributed by atoms with E-state index in [-0.39, 0.29) is 5.41 Å². The molecule has 4 N–H and O–H groups in total. The first kappa shape index (κ1) is 14.7. The number of nitrogen functional groups attached to an aromatic ring is 1. The highest BCUT2D eigenvalue weighted by Crippen LogP contribution is 2.24. The SMILES string of the molecule is CC(C)(C)c1nc(NN)cc(Nc2ccc(Br)cc2)n1. The van der Waals surface area contributed by atoms with Crippen molar-refractivity contribution >= 4 is 33.3 Å². The number of aromatic nitrogens is 2. The maximum atomic E-state index is 5.47. The Bertz CT molecular complexity index is 590. The van der Waals surface area contributed by atoms with Crippen LogP contribution in [0.15, 0.2) is 34.8 Å². The maximum Gasteiger partial charge on any atom is 0.145 e. The van der Waals surface area contributed by atoms with E-state index in [9.17, 15) is 0 Å². The van der Waals surface area contributed by atoms with Gasteiger partial charge in [0.2, 0.25) is 0 Å². The monoisotopic (exact) mass is 335 g/mol. The van der Waals surface area contributed by atoms with Gasteiger partial charge in [-0.25, -0.2) is 15.8 Å². The molecule has 6 heteroatoms. The Morgan fingerprint density at radius 2 is 1.65 bits per heavy atom. The highest BCUT2D eigenvalue weighted by atomic mass is 79.9. The van der Waals surface area contributed by atoms with E-state index in [2.05, 4.69) is 57.4 Å². The second-order valence-corrected chi connectivity index (χ2v) is 6.40. The van der Waals surface area contributed by atoms with Crippen LogP contribution in [0.5, 0.6) is 0 Å². The molecule has 20 heavy (non-hydrogen) atoms. The Kier molecular flexibility index (Phi) is 4.25. The maximum absolute atomic E-state index is 5.47. The molecule has 2 aromatic rings. The Morgan fingerprint density at radius 1 is 1.05 bits per heavy atom. The molecule has 2 rings (SSSR count). The predicted octanol–water partition coefficient (Wildman–Crippen LogP) is 3.57. The molecule has 1 heterocycles. The molecule has 0 aliphatic carbocycles. The minimum Gasteiger partial charge on any atom is -0.340 e. The molecule has 0 amide bonds. The number of nitrogens with zero attached hydrogens (tertiary/aromatic N) is 2. The van der Waals surface area contributed by atoms with Gasteiger partial charge in [0.25, 0.3) is 0 Å². The van der Waals surface area contributed by atoms with Crippen molar-refractivity contribution in [3.8, 4) is 0 Å². The summed E-state index contributed by atoms with van der Waals surface area (Å²) in [6.45, 7) is 6.18. The van der Waals surface area contributed by atoms with Crippen molar-refractivity contribution in [2.45, 2.75) is 26.2 Å². The zero-order chi connectivity index (χ0) is 14.8. The van der Waals surface area contributed by atoms with Crippen molar-refractivity contribution in [1.29, 1.82) is 0 Å². The van der Waals surface area contributed by atoms with Gasteiger partial charge in [-0.3, -0.25) is 0 Å². The molecule has 0 saturated carbocycles. The van der Waals surface area contributed by atoms with E-state index in [0.717, 1.165) is 16.0 Å². The number of benzene rings is 1. The number of rotatable bonds is 3. The average Bonchev–Trinajstić information content (AvgIpc) is 2.40. The number of nitrogens with two attached hydrogens (primary N) is 1. The van der Waals surface area contributed by atoms with Crippen LogP contribution in [-0.2, 0) is 5.41 Å². The number of hydrazine groups is 1. The summed E-state index contributed by atoms with van der Waals surface area (Å²) in [7, 11) is 0. The Morgan fingerprint density at radius 3 is 2.20 bits per heavy atom. The molecule has 1 aromatic carbocycles. The predicted molar refractivity (Wildman–Crippen MR) is 86.0 cm³/mol. The molecule has 0 aliphatic rings. The lowest BCUT2D eigenvalue weighted by atomic mass is 9.96. The van der Waals surface area contributed by atoms with Crippen molar-refractivity contribution in [3.05, 3.63) is 40.6 Å². The van der Waals surface area contributed by atoms with Gasteiger partial charge >= 0.3 is 0 Å². The summed E-state index contributed by atoms with van der Waals surface area (Å²) in [5.74, 6) is 7.50. The molecule has 0 bridgehead atoms. The van der Waals surface area contributed by atoms with Crippen molar-refractivity contribution in [2.75, 3.05) is 10.7 Å².